The van der Waals surface area contributed by atoms with Crippen molar-refractivity contribution >= 4 is 6.29 Å². The third-order valence-corrected chi connectivity index (χ3v) is 2.59. The van der Waals surface area contributed by atoms with Crippen molar-refractivity contribution in [2.75, 3.05) is 0 Å². The van der Waals surface area contributed by atoms with Crippen LogP contribution in [-0.2, 0) is 4.79 Å². The van der Waals surface area contributed by atoms with Crippen LogP contribution in [0.3, 0.4) is 0 Å². The van der Waals surface area contributed by atoms with Gasteiger partial charge in [-0.1, -0.05) is 25.2 Å². The lowest BCUT2D eigenvalue weighted by atomic mass is 9.96. The van der Waals surface area contributed by atoms with E-state index < -0.39 is 5.41 Å². The Morgan fingerprint density at radius 1 is 1.47 bits per heavy atom. The highest BCUT2D eigenvalue weighted by Crippen LogP contribution is 2.50. The molecule has 15 heavy (non-hydrogen) atoms. The summed E-state index contributed by atoms with van der Waals surface area (Å²) in [4.78, 5) is 10.9. The van der Waals surface area contributed by atoms with Crippen LogP contribution < -0.4 is 0 Å². The van der Waals surface area contributed by atoms with E-state index in [0.29, 0.717) is 0 Å². The molecule has 0 spiro atoms. The summed E-state index contributed by atoms with van der Waals surface area (Å²) in [6.07, 6.45) is 10.7. The first-order valence-electron chi connectivity index (χ1n) is 5.32. The van der Waals surface area contributed by atoms with E-state index in [2.05, 4.69) is 0 Å². The summed E-state index contributed by atoms with van der Waals surface area (Å²) < 4.78 is 12.8. The lowest BCUT2D eigenvalue weighted by Crippen LogP contribution is -2.04. The zero-order valence-corrected chi connectivity index (χ0v) is 9.29. The molecule has 1 aliphatic rings. The van der Waals surface area contributed by atoms with Crippen molar-refractivity contribution in [3.05, 3.63) is 35.7 Å². The molecule has 1 saturated carbocycles. The van der Waals surface area contributed by atoms with E-state index in [4.69, 9.17) is 0 Å². The largest absolute Gasteiger partial charge is 0.302 e. The molecule has 0 unspecified atom stereocenters. The Labute approximate surface area is 90.4 Å². The van der Waals surface area contributed by atoms with Crippen LogP contribution in [0.15, 0.2) is 35.7 Å². The lowest BCUT2D eigenvalue weighted by molar-refractivity contribution is -0.111. The number of hydrogen-bond acceptors (Lipinski definition) is 1. The van der Waals surface area contributed by atoms with Crippen molar-refractivity contribution in [2.45, 2.75) is 33.1 Å². The fraction of sp³-hybridized carbons (Fsp3) is 0.462. The predicted molar refractivity (Wildman–Crippen MR) is 60.1 cm³/mol. The molecule has 0 saturated heterocycles. The normalized spacial score (nSPS) is 20.7. The van der Waals surface area contributed by atoms with E-state index in [1.807, 2.05) is 25.2 Å². The maximum atomic E-state index is 12.8. The topological polar surface area (TPSA) is 17.1 Å². The van der Waals surface area contributed by atoms with Crippen LogP contribution in [-0.4, -0.2) is 6.29 Å². The molecule has 1 nitrogen and oxygen atoms in total. The van der Waals surface area contributed by atoms with Crippen molar-refractivity contribution < 1.29 is 9.18 Å². The third-order valence-electron chi connectivity index (χ3n) is 2.59. The second-order valence-electron chi connectivity index (χ2n) is 3.96. The molecule has 0 N–H and O–H groups in total. The lowest BCUT2D eigenvalue weighted by Gasteiger charge is -2.07. The molecule has 0 radical (unpaired) electrons. The van der Waals surface area contributed by atoms with Gasteiger partial charge in [-0.2, -0.15) is 0 Å². The fourth-order valence-electron chi connectivity index (χ4n) is 1.49. The highest BCUT2D eigenvalue weighted by Gasteiger charge is 2.45. The summed E-state index contributed by atoms with van der Waals surface area (Å²) in [6, 6.07) is 0. The average molecular weight is 208 g/mol. The summed E-state index contributed by atoms with van der Waals surface area (Å²) in [5.41, 5.74) is 0.396. The Balaban J connectivity index is 2.88. The smallest absolute Gasteiger partial charge is 0.130 e. The van der Waals surface area contributed by atoms with Gasteiger partial charge in [-0.25, -0.2) is 4.39 Å². The quantitative estimate of drug-likeness (QED) is 0.497. The number of carbonyl (C=O) groups excluding carboxylic acids is 1. The molecule has 82 valence electrons. The molecule has 0 aromatic carbocycles. The maximum Gasteiger partial charge on any atom is 0.130 e. The second-order valence-corrected chi connectivity index (χ2v) is 3.96. The van der Waals surface area contributed by atoms with Gasteiger partial charge in [-0.3, -0.25) is 0 Å². The monoisotopic (exact) mass is 208 g/mol. The molecule has 0 atom stereocenters. The molecular weight excluding hydrogens is 191 g/mol. The summed E-state index contributed by atoms with van der Waals surface area (Å²) >= 11 is 0. The fourth-order valence-corrected chi connectivity index (χ4v) is 1.49. The van der Waals surface area contributed by atoms with Gasteiger partial charge in [0.05, 0.1) is 11.2 Å². The number of allylic oxidation sites excluding steroid dienone is 6. The molecule has 1 rings (SSSR count). The minimum atomic E-state index is -0.397. The van der Waals surface area contributed by atoms with Crippen molar-refractivity contribution in [1.82, 2.24) is 0 Å². The van der Waals surface area contributed by atoms with Crippen LogP contribution in [0.4, 0.5) is 4.39 Å². The van der Waals surface area contributed by atoms with E-state index in [1.54, 1.807) is 0 Å². The first-order chi connectivity index (χ1) is 7.14. The summed E-state index contributed by atoms with van der Waals surface area (Å²) in [5.74, 6) is -0.251. The predicted octanol–water partition coefficient (Wildman–Crippen LogP) is 3.73. The Kier molecular flexibility index (Phi) is 4.01. The van der Waals surface area contributed by atoms with Crippen LogP contribution >= 0.6 is 0 Å². The minimum Gasteiger partial charge on any atom is -0.302 e. The van der Waals surface area contributed by atoms with Gasteiger partial charge >= 0.3 is 0 Å². The van der Waals surface area contributed by atoms with Gasteiger partial charge in [-0.15, -0.1) is 0 Å². The van der Waals surface area contributed by atoms with Crippen LogP contribution in [0.1, 0.15) is 33.1 Å². The molecule has 0 aromatic rings. The van der Waals surface area contributed by atoms with Gasteiger partial charge in [0.25, 0.3) is 0 Å². The number of hydrogen-bond donors (Lipinski definition) is 0. The molecule has 2 heteroatoms. The zero-order chi connectivity index (χ0) is 11.3. The first kappa shape index (κ1) is 11.9. The van der Waals surface area contributed by atoms with Crippen LogP contribution in [0.25, 0.3) is 0 Å². The Bertz CT molecular complexity index is 315. The Hall–Kier alpha value is -1.18. The standard InChI is InChI=1S/C13H17FO/c1-3-4-5-6-12(9-11(2)14)13(10-15)7-8-13/h4-6,9-10H,3,7-8H2,1-2H3/b5-4+,11-9+,12-6+. The molecule has 0 bridgehead atoms. The summed E-state index contributed by atoms with van der Waals surface area (Å²) in [5, 5.41) is 0. The minimum absolute atomic E-state index is 0.251. The Morgan fingerprint density at radius 2 is 2.13 bits per heavy atom. The highest BCUT2D eigenvalue weighted by molar-refractivity contribution is 5.71. The molecule has 0 aliphatic heterocycles. The van der Waals surface area contributed by atoms with Gasteiger partial charge in [0, 0.05) is 0 Å². The van der Waals surface area contributed by atoms with E-state index in [9.17, 15) is 9.18 Å². The molecule has 0 heterocycles. The van der Waals surface area contributed by atoms with Crippen molar-refractivity contribution in [3.8, 4) is 0 Å². The van der Waals surface area contributed by atoms with Gasteiger partial charge in [0.1, 0.15) is 6.29 Å². The Morgan fingerprint density at radius 3 is 2.53 bits per heavy atom. The maximum absolute atomic E-state index is 12.8. The molecule has 1 fully saturated rings. The van der Waals surface area contributed by atoms with E-state index >= 15 is 0 Å². The second kappa shape index (κ2) is 5.06. The molecule has 0 aromatic heterocycles. The van der Waals surface area contributed by atoms with E-state index in [1.165, 1.54) is 13.0 Å². The van der Waals surface area contributed by atoms with Crippen molar-refractivity contribution in [1.29, 1.82) is 0 Å². The van der Waals surface area contributed by atoms with E-state index in [-0.39, 0.29) is 5.83 Å². The van der Waals surface area contributed by atoms with Gasteiger partial charge in [0.2, 0.25) is 0 Å². The number of halogens is 1. The zero-order valence-electron chi connectivity index (χ0n) is 9.29. The van der Waals surface area contributed by atoms with Crippen molar-refractivity contribution in [2.24, 2.45) is 5.41 Å². The van der Waals surface area contributed by atoms with Crippen LogP contribution in [0.5, 0.6) is 0 Å². The third kappa shape index (κ3) is 3.15. The number of rotatable bonds is 5. The molecule has 1 aliphatic carbocycles. The van der Waals surface area contributed by atoms with Crippen LogP contribution in [0.2, 0.25) is 0 Å². The van der Waals surface area contributed by atoms with Crippen molar-refractivity contribution in [3.63, 3.8) is 0 Å². The summed E-state index contributed by atoms with van der Waals surface area (Å²) in [6.45, 7) is 3.44. The molecule has 0 amide bonds. The highest BCUT2D eigenvalue weighted by atomic mass is 19.1. The van der Waals surface area contributed by atoms with Crippen LogP contribution in [0, 0.1) is 5.41 Å². The number of aldehydes is 1. The van der Waals surface area contributed by atoms with Gasteiger partial charge in [-0.05, 0) is 37.8 Å². The van der Waals surface area contributed by atoms with E-state index in [0.717, 1.165) is 31.1 Å². The van der Waals surface area contributed by atoms with Gasteiger partial charge in [0.15, 0.2) is 0 Å². The molecular formula is C13H17FO. The number of carbonyl (C=O) groups is 1. The summed E-state index contributed by atoms with van der Waals surface area (Å²) in [7, 11) is 0. The average Bonchev–Trinajstić information content (AvgIpc) is 2.97. The SMILES string of the molecule is CC/C=C/C=C(\C=C(/C)F)C1(C=O)CC1. The van der Waals surface area contributed by atoms with Gasteiger partial charge < -0.3 is 4.79 Å². The first-order valence-corrected chi connectivity index (χ1v) is 5.32.